The number of anilines is 2. The Balaban J connectivity index is 3.33. The molecule has 0 unspecified atom stereocenters. The van der Waals surface area contributed by atoms with Crippen LogP contribution in [0.15, 0.2) is 12.3 Å². The third kappa shape index (κ3) is 4.72. The van der Waals surface area contributed by atoms with E-state index in [1.165, 1.54) is 26.4 Å². The van der Waals surface area contributed by atoms with Crippen molar-refractivity contribution in [3.63, 3.8) is 0 Å². The van der Waals surface area contributed by atoms with Gasteiger partial charge in [0.1, 0.15) is 12.4 Å². The van der Waals surface area contributed by atoms with Crippen molar-refractivity contribution in [2.75, 3.05) is 37.2 Å². The molecule has 2 amide bonds. The average molecular weight is 341 g/mol. The summed E-state index contributed by atoms with van der Waals surface area (Å²) in [6.07, 6.45) is -1.09. The summed E-state index contributed by atoms with van der Waals surface area (Å²) in [4.78, 5) is 29.0. The van der Waals surface area contributed by atoms with Crippen LogP contribution in [0.25, 0.3) is 0 Å². The van der Waals surface area contributed by atoms with Crippen LogP contribution in [-0.4, -0.2) is 60.3 Å². The van der Waals surface area contributed by atoms with Crippen LogP contribution < -0.4 is 14.5 Å². The molecule has 9 heteroatoms. The number of rotatable bonds is 6. The number of hydrogen-bond donors (Lipinski definition) is 2. The van der Waals surface area contributed by atoms with Gasteiger partial charge in [0.05, 0.1) is 18.5 Å². The third-order valence-electron chi connectivity index (χ3n) is 3.12. The molecule has 0 aromatic carbocycles. The highest BCUT2D eigenvalue weighted by Crippen LogP contribution is 2.33. The normalized spacial score (nSPS) is 11.0. The Bertz CT molecular complexity index is 599. The molecule has 1 rings (SSSR count). The average Bonchev–Trinajstić information content (AvgIpc) is 2.46. The first-order valence-corrected chi connectivity index (χ1v) is 7.21. The number of amides is 2. The highest BCUT2D eigenvalue weighted by atomic mass is 16.5. The molecule has 0 aliphatic rings. The third-order valence-corrected chi connectivity index (χ3v) is 3.12. The summed E-state index contributed by atoms with van der Waals surface area (Å²) in [5.74, 6) is 0.331. The molecule has 1 aromatic rings. The molecule has 0 fully saturated rings. The van der Waals surface area contributed by atoms with Crippen molar-refractivity contribution < 1.29 is 29.3 Å². The fraction of sp³-hybridized carbons (Fsp3) is 0.533. The molecule has 134 valence electrons. The highest BCUT2D eigenvalue weighted by molar-refractivity contribution is 5.91. The lowest BCUT2D eigenvalue weighted by Crippen LogP contribution is -2.45. The van der Waals surface area contributed by atoms with Gasteiger partial charge in [0.25, 0.3) is 0 Å². The maximum atomic E-state index is 11.6. The predicted octanol–water partition coefficient (Wildman–Crippen LogP) is 2.50. The maximum Gasteiger partial charge on any atom is 0.413 e. The maximum absolute atomic E-state index is 11.6. The van der Waals surface area contributed by atoms with Crippen LogP contribution in [0.2, 0.25) is 0 Å². The first-order valence-electron chi connectivity index (χ1n) is 7.21. The molecule has 0 saturated heterocycles. The smallest absolute Gasteiger partial charge is 0.413 e. The first kappa shape index (κ1) is 19.5. The minimum Gasteiger partial charge on any atom is -0.487 e. The lowest BCUT2D eigenvalue weighted by molar-refractivity contribution is 0.146. The Morgan fingerprint density at radius 1 is 1.21 bits per heavy atom. The zero-order chi connectivity index (χ0) is 18.5. The van der Waals surface area contributed by atoms with Crippen molar-refractivity contribution >= 4 is 23.7 Å². The monoisotopic (exact) mass is 341 g/mol. The fourth-order valence-electron chi connectivity index (χ4n) is 1.98. The van der Waals surface area contributed by atoms with Crippen molar-refractivity contribution in [2.45, 2.75) is 26.3 Å². The second-order valence-corrected chi connectivity index (χ2v) is 5.98. The molecule has 1 heterocycles. The number of aromatic nitrogens is 1. The highest BCUT2D eigenvalue weighted by Gasteiger charge is 2.30. The van der Waals surface area contributed by atoms with Crippen molar-refractivity contribution in [2.24, 2.45) is 0 Å². The summed E-state index contributed by atoms with van der Waals surface area (Å²) in [6, 6.07) is 1.37. The summed E-state index contributed by atoms with van der Waals surface area (Å²) in [5, 5.41) is 18.7. The van der Waals surface area contributed by atoms with E-state index in [1.807, 2.05) is 0 Å². The van der Waals surface area contributed by atoms with Crippen LogP contribution in [0.3, 0.4) is 0 Å². The summed E-state index contributed by atoms with van der Waals surface area (Å²) in [6.45, 7) is 5.67. The quantitative estimate of drug-likeness (QED) is 0.764. The van der Waals surface area contributed by atoms with Crippen LogP contribution in [0, 0.1) is 0 Å². The van der Waals surface area contributed by atoms with Gasteiger partial charge in [-0.15, -0.1) is 0 Å². The van der Waals surface area contributed by atoms with E-state index >= 15 is 0 Å². The van der Waals surface area contributed by atoms with Gasteiger partial charge in [-0.2, -0.15) is 0 Å². The van der Waals surface area contributed by atoms with Gasteiger partial charge >= 0.3 is 12.2 Å². The summed E-state index contributed by atoms with van der Waals surface area (Å²) >= 11 is 0. The van der Waals surface area contributed by atoms with Gasteiger partial charge in [-0.3, -0.25) is 9.80 Å². The molecule has 0 bridgehead atoms. The summed E-state index contributed by atoms with van der Waals surface area (Å²) < 4.78 is 10.4. The summed E-state index contributed by atoms with van der Waals surface area (Å²) in [5.41, 5.74) is -0.560. The number of pyridine rings is 1. The zero-order valence-corrected chi connectivity index (χ0v) is 14.4. The number of carbonyl (C=O) groups is 2. The Kier molecular flexibility index (Phi) is 6.35. The van der Waals surface area contributed by atoms with Crippen LogP contribution >= 0.6 is 0 Å². The van der Waals surface area contributed by atoms with E-state index in [0.29, 0.717) is 6.61 Å². The molecule has 0 spiro atoms. The van der Waals surface area contributed by atoms with Crippen LogP contribution in [0.4, 0.5) is 21.1 Å². The Morgan fingerprint density at radius 3 is 2.29 bits per heavy atom. The largest absolute Gasteiger partial charge is 0.487 e. The predicted molar refractivity (Wildman–Crippen MR) is 88.3 cm³/mol. The first-order chi connectivity index (χ1) is 11.1. The molecule has 0 aliphatic carbocycles. The van der Waals surface area contributed by atoms with E-state index in [2.05, 4.69) is 4.98 Å². The van der Waals surface area contributed by atoms with E-state index < -0.39 is 17.7 Å². The van der Waals surface area contributed by atoms with Crippen LogP contribution in [0.1, 0.15) is 20.8 Å². The molecular weight excluding hydrogens is 318 g/mol. The van der Waals surface area contributed by atoms with Crippen LogP contribution in [-0.2, 0) is 4.74 Å². The van der Waals surface area contributed by atoms with Crippen LogP contribution in [0.5, 0.6) is 5.75 Å². The molecule has 0 aliphatic heterocycles. The number of ether oxygens (including phenoxy) is 2. The zero-order valence-electron chi connectivity index (χ0n) is 14.4. The number of carboxylic acid groups (broad SMARTS) is 2. The molecule has 9 nitrogen and oxygen atoms in total. The SMILES string of the molecule is COCCOc1cnc(N(C(=O)O)C(C)(C)C)cc1N(C)C(=O)O. The minimum absolute atomic E-state index is 0.109. The van der Waals surface area contributed by atoms with E-state index in [0.717, 1.165) is 9.80 Å². The van der Waals surface area contributed by atoms with Crippen molar-refractivity contribution in [1.29, 1.82) is 0 Å². The van der Waals surface area contributed by atoms with E-state index in [9.17, 15) is 19.8 Å². The van der Waals surface area contributed by atoms with E-state index in [1.54, 1.807) is 20.8 Å². The Morgan fingerprint density at radius 2 is 1.83 bits per heavy atom. The van der Waals surface area contributed by atoms with Crippen molar-refractivity contribution in [3.05, 3.63) is 12.3 Å². The fourth-order valence-corrected chi connectivity index (χ4v) is 1.98. The second-order valence-electron chi connectivity index (χ2n) is 5.98. The molecule has 0 atom stereocenters. The lowest BCUT2D eigenvalue weighted by atomic mass is 10.1. The van der Waals surface area contributed by atoms with Gasteiger partial charge in [0, 0.05) is 25.8 Å². The van der Waals surface area contributed by atoms with Gasteiger partial charge in [0.15, 0.2) is 5.75 Å². The van der Waals surface area contributed by atoms with Gasteiger partial charge in [-0.05, 0) is 20.8 Å². The standard InChI is InChI=1S/C15H23N3O6/c1-15(2,3)18(14(21)22)12-8-10(17(4)13(19)20)11(9-16-12)24-7-6-23-5/h8-9H,6-7H2,1-5H3,(H,19,20)(H,21,22). The molecule has 1 aromatic heterocycles. The van der Waals surface area contributed by atoms with Crippen molar-refractivity contribution in [3.8, 4) is 5.75 Å². The molecule has 0 radical (unpaired) electrons. The molecule has 0 saturated carbocycles. The number of nitrogens with zero attached hydrogens (tertiary/aromatic N) is 3. The molecule has 24 heavy (non-hydrogen) atoms. The Hall–Kier alpha value is -2.55. The van der Waals surface area contributed by atoms with Gasteiger partial charge < -0.3 is 19.7 Å². The van der Waals surface area contributed by atoms with Gasteiger partial charge in [0.2, 0.25) is 0 Å². The van der Waals surface area contributed by atoms with Crippen molar-refractivity contribution in [1.82, 2.24) is 4.98 Å². The van der Waals surface area contributed by atoms with E-state index in [-0.39, 0.29) is 23.9 Å². The lowest BCUT2D eigenvalue weighted by Gasteiger charge is -2.32. The number of methoxy groups -OCH3 is 1. The minimum atomic E-state index is -1.21. The Labute approximate surface area is 140 Å². The topological polar surface area (TPSA) is 112 Å². The second kappa shape index (κ2) is 7.82. The summed E-state index contributed by atoms with van der Waals surface area (Å²) in [7, 11) is 2.86. The van der Waals surface area contributed by atoms with E-state index in [4.69, 9.17) is 9.47 Å². The van der Waals surface area contributed by atoms with Gasteiger partial charge in [-0.25, -0.2) is 14.6 Å². The molecular formula is C15H23N3O6. The molecule has 2 N–H and O–H groups in total. The number of hydrogen-bond acceptors (Lipinski definition) is 5. The van der Waals surface area contributed by atoms with Gasteiger partial charge in [-0.1, -0.05) is 0 Å².